The van der Waals surface area contributed by atoms with Crippen LogP contribution < -0.4 is 5.32 Å². The van der Waals surface area contributed by atoms with Crippen molar-refractivity contribution in [3.05, 3.63) is 69.9 Å². The molecule has 134 valence electrons. The quantitative estimate of drug-likeness (QED) is 0.684. The lowest BCUT2D eigenvalue weighted by molar-refractivity contribution is 0.0600. The smallest absolute Gasteiger partial charge is 0.337 e. The van der Waals surface area contributed by atoms with Crippen LogP contribution in [0.1, 0.15) is 32.0 Å². The molecule has 0 bridgehead atoms. The zero-order valence-corrected chi connectivity index (χ0v) is 15.2. The second-order valence-corrected chi connectivity index (χ2v) is 6.33. The van der Waals surface area contributed by atoms with Gasteiger partial charge in [-0.1, -0.05) is 23.7 Å². The number of carbonyl (C=O) groups excluding carboxylic acids is 2. The average Bonchev–Trinajstić information content (AvgIpc) is 2.98. The molecule has 0 radical (unpaired) electrons. The normalized spacial score (nSPS) is 10.7. The molecule has 0 aliphatic rings. The molecule has 0 saturated heterocycles. The predicted octanol–water partition coefficient (Wildman–Crippen LogP) is 4.15. The minimum atomic E-state index is -0.370. The van der Waals surface area contributed by atoms with Crippen molar-refractivity contribution in [3.63, 3.8) is 0 Å². The maximum atomic E-state index is 12.4. The van der Waals surface area contributed by atoms with E-state index in [2.05, 4.69) is 10.1 Å². The van der Waals surface area contributed by atoms with Gasteiger partial charge in [-0.2, -0.15) is 0 Å². The molecule has 0 aliphatic heterocycles. The second-order valence-electron chi connectivity index (χ2n) is 5.89. The van der Waals surface area contributed by atoms with E-state index in [9.17, 15) is 9.59 Å². The van der Waals surface area contributed by atoms with Gasteiger partial charge in [-0.3, -0.25) is 4.79 Å². The average molecular weight is 372 g/mol. The Labute approximate surface area is 155 Å². The third-order valence-electron chi connectivity index (χ3n) is 4.18. The Hall–Kier alpha value is -2.79. The molecule has 2 aromatic carbocycles. The van der Waals surface area contributed by atoms with Crippen molar-refractivity contribution in [1.29, 1.82) is 0 Å². The summed E-state index contributed by atoms with van der Waals surface area (Å²) in [4.78, 5) is 23.8. The van der Waals surface area contributed by atoms with Crippen molar-refractivity contribution in [1.82, 2.24) is 5.32 Å². The monoisotopic (exact) mass is 371 g/mol. The molecule has 0 atom stereocenters. The molecule has 0 spiro atoms. The highest BCUT2D eigenvalue weighted by atomic mass is 35.5. The summed E-state index contributed by atoms with van der Waals surface area (Å²) in [5.41, 5.74) is 2.90. The van der Waals surface area contributed by atoms with E-state index in [-0.39, 0.29) is 11.9 Å². The number of methoxy groups -OCH3 is 1. The van der Waals surface area contributed by atoms with Gasteiger partial charge >= 0.3 is 5.97 Å². The number of rotatable bonds is 5. The van der Waals surface area contributed by atoms with Gasteiger partial charge < -0.3 is 14.5 Å². The topological polar surface area (TPSA) is 68.5 Å². The van der Waals surface area contributed by atoms with E-state index in [1.807, 2.05) is 19.1 Å². The van der Waals surface area contributed by atoms with Gasteiger partial charge in [-0.25, -0.2) is 4.79 Å². The number of esters is 1. The van der Waals surface area contributed by atoms with Gasteiger partial charge in [-0.15, -0.1) is 0 Å². The van der Waals surface area contributed by atoms with Crippen LogP contribution in [0.4, 0.5) is 0 Å². The molecule has 1 amide bonds. The molecule has 1 heterocycles. The third-order valence-corrected chi connectivity index (χ3v) is 4.41. The zero-order valence-electron chi connectivity index (χ0n) is 14.5. The van der Waals surface area contributed by atoms with Crippen LogP contribution in [0.5, 0.6) is 0 Å². The summed E-state index contributed by atoms with van der Waals surface area (Å²) < 4.78 is 10.3. The van der Waals surface area contributed by atoms with Crippen LogP contribution in [0.3, 0.4) is 0 Å². The number of halogens is 1. The first kappa shape index (κ1) is 18.0. The van der Waals surface area contributed by atoms with E-state index in [0.29, 0.717) is 34.9 Å². The predicted molar refractivity (Wildman–Crippen MR) is 99.8 cm³/mol. The Morgan fingerprint density at radius 2 is 1.88 bits per heavy atom. The van der Waals surface area contributed by atoms with Crippen LogP contribution >= 0.6 is 11.6 Å². The van der Waals surface area contributed by atoms with Crippen LogP contribution in [0.15, 0.2) is 46.9 Å². The molecule has 26 heavy (non-hydrogen) atoms. The van der Waals surface area contributed by atoms with Crippen LogP contribution in [-0.4, -0.2) is 25.5 Å². The molecule has 3 aromatic rings. The number of carbonyl (C=O) groups is 2. The summed E-state index contributed by atoms with van der Waals surface area (Å²) in [6.07, 6.45) is 0.637. The van der Waals surface area contributed by atoms with Crippen molar-refractivity contribution < 1.29 is 18.7 Å². The van der Waals surface area contributed by atoms with Crippen LogP contribution in [0, 0.1) is 6.92 Å². The number of nitrogens with one attached hydrogen (secondary N) is 1. The molecule has 5 nitrogen and oxygen atoms in total. The highest BCUT2D eigenvalue weighted by Gasteiger charge is 2.17. The molecule has 0 unspecified atom stereocenters. The highest BCUT2D eigenvalue weighted by Crippen LogP contribution is 2.27. The standard InChI is InChI=1S/C20H18ClNO4/c1-12-16-11-15(21)7-8-17(16)26-18(12)19(23)22-10-9-13-3-5-14(6-4-13)20(24)25-2/h3-8,11H,9-10H2,1-2H3,(H,22,23). The fourth-order valence-corrected chi connectivity index (χ4v) is 2.91. The summed E-state index contributed by atoms with van der Waals surface area (Å²) >= 11 is 6.00. The number of amides is 1. The fourth-order valence-electron chi connectivity index (χ4n) is 2.74. The summed E-state index contributed by atoms with van der Waals surface area (Å²) in [6, 6.07) is 12.4. The number of benzene rings is 2. The first-order valence-corrected chi connectivity index (χ1v) is 8.51. The number of fused-ring (bicyclic) bond motifs is 1. The summed E-state index contributed by atoms with van der Waals surface area (Å²) in [5.74, 6) is -0.338. The Bertz CT molecular complexity index is 960. The van der Waals surface area contributed by atoms with Gasteiger partial charge in [0.25, 0.3) is 5.91 Å². The lowest BCUT2D eigenvalue weighted by Gasteiger charge is -2.05. The van der Waals surface area contributed by atoms with Crippen LogP contribution in [0.25, 0.3) is 11.0 Å². The van der Waals surface area contributed by atoms with Crippen LogP contribution in [0.2, 0.25) is 5.02 Å². The molecule has 3 rings (SSSR count). The van der Waals surface area contributed by atoms with Crippen LogP contribution in [-0.2, 0) is 11.2 Å². The third kappa shape index (κ3) is 3.73. The van der Waals surface area contributed by atoms with E-state index >= 15 is 0 Å². The summed E-state index contributed by atoms with van der Waals surface area (Å²) in [6.45, 7) is 2.29. The molecule has 6 heteroatoms. The molecule has 1 N–H and O–H groups in total. The number of furan rings is 1. The Balaban J connectivity index is 1.62. The highest BCUT2D eigenvalue weighted by molar-refractivity contribution is 6.31. The van der Waals surface area contributed by atoms with Crippen molar-refractivity contribution in [2.24, 2.45) is 0 Å². The SMILES string of the molecule is COC(=O)c1ccc(CCNC(=O)c2oc3ccc(Cl)cc3c2C)cc1. The van der Waals surface area contributed by atoms with Crippen molar-refractivity contribution >= 4 is 34.4 Å². The van der Waals surface area contributed by atoms with E-state index in [4.69, 9.17) is 16.0 Å². The molecule has 0 saturated carbocycles. The van der Waals surface area contributed by atoms with Gasteiger partial charge in [0, 0.05) is 22.5 Å². The first-order chi connectivity index (χ1) is 12.5. The lowest BCUT2D eigenvalue weighted by Crippen LogP contribution is -2.25. The minimum Gasteiger partial charge on any atom is -0.465 e. The number of aryl methyl sites for hydroxylation is 1. The van der Waals surface area contributed by atoms with Gasteiger partial charge in [-0.05, 0) is 49.2 Å². The molecule has 0 aliphatic carbocycles. The number of hydrogen-bond acceptors (Lipinski definition) is 4. The van der Waals surface area contributed by atoms with Crippen molar-refractivity contribution in [2.45, 2.75) is 13.3 Å². The zero-order chi connectivity index (χ0) is 18.7. The summed E-state index contributed by atoms with van der Waals surface area (Å²) in [7, 11) is 1.35. The maximum absolute atomic E-state index is 12.4. The van der Waals surface area contributed by atoms with E-state index in [0.717, 1.165) is 16.5 Å². The summed E-state index contributed by atoms with van der Waals surface area (Å²) in [5, 5.41) is 4.29. The van der Waals surface area contributed by atoms with Gasteiger partial charge in [0.2, 0.25) is 0 Å². The Morgan fingerprint density at radius 1 is 1.15 bits per heavy atom. The van der Waals surface area contributed by atoms with E-state index in [1.54, 1.807) is 30.3 Å². The molecular formula is C20H18ClNO4. The van der Waals surface area contributed by atoms with Crippen molar-refractivity contribution in [3.8, 4) is 0 Å². The largest absolute Gasteiger partial charge is 0.465 e. The molecular weight excluding hydrogens is 354 g/mol. The van der Waals surface area contributed by atoms with Gasteiger partial charge in [0.05, 0.1) is 12.7 Å². The van der Waals surface area contributed by atoms with Crippen molar-refractivity contribution in [2.75, 3.05) is 13.7 Å². The van der Waals surface area contributed by atoms with E-state index in [1.165, 1.54) is 7.11 Å². The molecule has 1 aromatic heterocycles. The molecule has 0 fully saturated rings. The van der Waals surface area contributed by atoms with E-state index < -0.39 is 0 Å². The Morgan fingerprint density at radius 3 is 2.58 bits per heavy atom. The maximum Gasteiger partial charge on any atom is 0.337 e. The Kier molecular flexibility index (Phi) is 5.28. The first-order valence-electron chi connectivity index (χ1n) is 8.13. The minimum absolute atomic E-state index is 0.263. The second kappa shape index (κ2) is 7.62. The lowest BCUT2D eigenvalue weighted by atomic mass is 10.1. The number of hydrogen-bond donors (Lipinski definition) is 1. The number of ether oxygens (including phenoxy) is 1. The fraction of sp³-hybridized carbons (Fsp3) is 0.200. The van der Waals surface area contributed by atoms with Gasteiger partial charge in [0.15, 0.2) is 5.76 Å². The van der Waals surface area contributed by atoms with Gasteiger partial charge in [0.1, 0.15) is 5.58 Å².